The number of thioether (sulfide) groups is 1. The summed E-state index contributed by atoms with van der Waals surface area (Å²) in [6, 6.07) is 18.6. The molecule has 2 atom stereocenters. The van der Waals surface area contributed by atoms with Crippen LogP contribution in [0, 0.1) is 5.82 Å². The highest BCUT2D eigenvalue weighted by Crippen LogP contribution is 2.31. The largest absolute Gasteiger partial charge is 0.479 e. The van der Waals surface area contributed by atoms with Crippen LogP contribution >= 0.6 is 11.8 Å². The summed E-state index contributed by atoms with van der Waals surface area (Å²) in [5.74, 6) is -3.56. The molecule has 2 unspecified atom stereocenters. The van der Waals surface area contributed by atoms with Gasteiger partial charge in [0.05, 0.1) is 5.56 Å². The second kappa shape index (κ2) is 22.0. The summed E-state index contributed by atoms with van der Waals surface area (Å²) in [6.45, 7) is 9.28. The van der Waals surface area contributed by atoms with Crippen LogP contribution in [0.4, 0.5) is 17.6 Å². The Kier molecular flexibility index (Phi) is 17.9. The number of hydrogen-bond donors (Lipinski definition) is 4. The number of halogens is 4. The van der Waals surface area contributed by atoms with Crippen LogP contribution in [0.3, 0.4) is 0 Å². The molecule has 0 aliphatic heterocycles. The van der Waals surface area contributed by atoms with Gasteiger partial charge in [-0.3, -0.25) is 9.59 Å². The zero-order valence-corrected chi connectivity index (χ0v) is 32.5. The fourth-order valence-electron chi connectivity index (χ4n) is 5.40. The van der Waals surface area contributed by atoms with Crippen LogP contribution in [0.15, 0.2) is 88.9 Å². The van der Waals surface area contributed by atoms with Crippen molar-refractivity contribution in [2.24, 2.45) is 0 Å². The lowest BCUT2D eigenvalue weighted by Crippen LogP contribution is -2.40. The number of carbonyl (C=O) groups is 3. The van der Waals surface area contributed by atoms with E-state index in [1.165, 1.54) is 36.0 Å². The van der Waals surface area contributed by atoms with E-state index in [0.29, 0.717) is 48.1 Å². The first-order chi connectivity index (χ1) is 27.0. The molecule has 3 aromatic carbocycles. The second-order valence-electron chi connectivity index (χ2n) is 12.8. The number of carbonyl (C=O) groups excluding carboxylic acids is 1. The van der Waals surface area contributed by atoms with E-state index in [1.54, 1.807) is 27.8 Å². The van der Waals surface area contributed by atoms with Gasteiger partial charge in [-0.15, -0.1) is 0 Å². The minimum Gasteiger partial charge on any atom is -0.479 e. The number of carboxylic acid groups (broad SMARTS) is 2. The van der Waals surface area contributed by atoms with Gasteiger partial charge in [-0.05, 0) is 66.0 Å². The van der Waals surface area contributed by atoms with Crippen LogP contribution in [0.1, 0.15) is 49.4 Å². The first kappa shape index (κ1) is 46.3. The third-order valence-corrected chi connectivity index (χ3v) is 9.81. The summed E-state index contributed by atoms with van der Waals surface area (Å²) < 4.78 is 54.2. The summed E-state index contributed by atoms with van der Waals surface area (Å²) >= 11 is 1.32. The number of hydrogen-bond acceptors (Lipinski definition) is 9. The Morgan fingerprint density at radius 3 is 1.82 bits per heavy atom. The van der Waals surface area contributed by atoms with Gasteiger partial charge < -0.3 is 34.8 Å². The molecule has 4 rings (SSSR count). The van der Waals surface area contributed by atoms with E-state index < -0.39 is 35.9 Å². The van der Waals surface area contributed by atoms with Crippen LogP contribution in [0.25, 0.3) is 11.1 Å². The summed E-state index contributed by atoms with van der Waals surface area (Å²) in [4.78, 5) is 54.7. The maximum atomic E-state index is 14.0. The Morgan fingerprint density at radius 2 is 1.33 bits per heavy atom. The van der Waals surface area contributed by atoms with Gasteiger partial charge in [0, 0.05) is 37.1 Å². The van der Waals surface area contributed by atoms with Crippen molar-refractivity contribution in [3.05, 3.63) is 117 Å². The number of aliphatic hydroxyl groups is 2. The second-order valence-corrected chi connectivity index (χ2v) is 13.8. The number of carboxylic acids is 2. The molecule has 57 heavy (non-hydrogen) atoms. The van der Waals surface area contributed by atoms with Crippen molar-refractivity contribution in [3.63, 3.8) is 0 Å². The lowest BCUT2D eigenvalue weighted by molar-refractivity contribution is -0.165. The Balaban J connectivity index is 0.000000766. The maximum Gasteiger partial charge on any atom is 0.416 e. The Labute approximate surface area is 331 Å². The molecule has 17 heteroatoms. The monoisotopic (exact) mass is 818 g/mol. The van der Waals surface area contributed by atoms with Crippen LogP contribution in [-0.4, -0.2) is 96.0 Å². The summed E-state index contributed by atoms with van der Waals surface area (Å²) in [5.41, 5.74) is 2.71. The summed E-state index contributed by atoms with van der Waals surface area (Å²) in [6.07, 6.45) is -5.90. The van der Waals surface area contributed by atoms with E-state index in [2.05, 4.69) is 23.7 Å². The molecule has 308 valence electrons. The molecule has 0 radical (unpaired) electrons. The number of alkyl halides is 3. The molecular formula is C40H46F4N4O8S. The summed E-state index contributed by atoms with van der Waals surface area (Å²) in [7, 11) is 0. The summed E-state index contributed by atoms with van der Waals surface area (Å²) in [5, 5.41) is 32.9. The molecule has 1 aromatic heterocycles. The molecule has 0 aliphatic carbocycles. The molecule has 4 N–H and O–H groups in total. The number of benzene rings is 3. The van der Waals surface area contributed by atoms with E-state index >= 15 is 0 Å². The van der Waals surface area contributed by atoms with Gasteiger partial charge in [0.15, 0.2) is 17.4 Å². The highest BCUT2D eigenvalue weighted by Gasteiger charge is 2.30. The first-order valence-corrected chi connectivity index (χ1v) is 19.0. The predicted molar refractivity (Wildman–Crippen MR) is 206 cm³/mol. The van der Waals surface area contributed by atoms with Crippen molar-refractivity contribution in [2.45, 2.75) is 76.0 Å². The molecule has 0 saturated carbocycles. The maximum absolute atomic E-state index is 14.0. The van der Waals surface area contributed by atoms with Crippen molar-refractivity contribution < 1.29 is 52.4 Å². The molecule has 1 amide bonds. The number of rotatable bonds is 18. The number of likely N-dealkylation sites (N-methyl/N-ethyl adjacent to an activating group) is 1. The van der Waals surface area contributed by atoms with E-state index in [-0.39, 0.29) is 23.8 Å². The van der Waals surface area contributed by atoms with Gasteiger partial charge in [0.2, 0.25) is 5.91 Å². The smallest absolute Gasteiger partial charge is 0.416 e. The number of aromatic nitrogens is 2. The third kappa shape index (κ3) is 14.4. The van der Waals surface area contributed by atoms with Crippen molar-refractivity contribution in [3.8, 4) is 11.1 Å². The van der Waals surface area contributed by atoms with Crippen LogP contribution < -0.4 is 5.56 Å². The van der Waals surface area contributed by atoms with E-state index in [0.717, 1.165) is 48.3 Å². The normalized spacial score (nSPS) is 12.4. The fraction of sp³-hybridized carbons (Fsp3) is 0.375. The quantitative estimate of drug-likeness (QED) is 0.0563. The molecule has 0 aliphatic rings. The van der Waals surface area contributed by atoms with Crippen LogP contribution in [0.5, 0.6) is 0 Å². The minimum absolute atomic E-state index is 0.0162. The Hall–Kier alpha value is -5.10. The zero-order chi connectivity index (χ0) is 42.3. The first-order valence-electron chi connectivity index (χ1n) is 18.0. The molecule has 0 saturated heterocycles. The molecular weight excluding hydrogens is 773 g/mol. The van der Waals surface area contributed by atoms with Crippen molar-refractivity contribution in [1.82, 2.24) is 19.4 Å². The fourth-order valence-corrected chi connectivity index (χ4v) is 6.32. The highest BCUT2D eigenvalue weighted by molar-refractivity contribution is 7.98. The number of amides is 1. The average Bonchev–Trinajstić information content (AvgIpc) is 3.18. The number of nitrogens with zero attached hydrogens (tertiary/aromatic N) is 4. The van der Waals surface area contributed by atoms with Crippen molar-refractivity contribution in [1.29, 1.82) is 0 Å². The molecule has 0 fully saturated rings. The van der Waals surface area contributed by atoms with Crippen molar-refractivity contribution >= 4 is 29.6 Å². The SMILES string of the molecule is CCCc1cn(CC(=O)N(CCN(CC)CC)Cc2ccc(-c3ccc(C(F)(F)F)cc3)cc2)c(SCc2ccc(F)cc2)nc1=O.O=C(O)C(O)C(O)C(=O)O. The minimum atomic E-state index is -4.39. The molecule has 1 heterocycles. The topological polar surface area (TPSA) is 174 Å². The number of aliphatic carboxylic acids is 2. The van der Waals surface area contributed by atoms with Crippen LogP contribution in [0.2, 0.25) is 0 Å². The van der Waals surface area contributed by atoms with Gasteiger partial charge in [-0.1, -0.05) is 87.5 Å². The number of aliphatic hydroxyl groups excluding tert-OH is 2. The third-order valence-electron chi connectivity index (χ3n) is 8.75. The predicted octanol–water partition coefficient (Wildman–Crippen LogP) is 5.56. The zero-order valence-electron chi connectivity index (χ0n) is 31.7. The molecule has 4 aromatic rings. The van der Waals surface area contributed by atoms with Gasteiger partial charge in [0.1, 0.15) is 12.4 Å². The van der Waals surface area contributed by atoms with E-state index in [1.807, 2.05) is 31.2 Å². The lowest BCUT2D eigenvalue weighted by Gasteiger charge is -2.27. The highest BCUT2D eigenvalue weighted by atomic mass is 32.2. The standard InChI is InChI=1S/C36H40F4N4O2S.C4H6O6/c1-4-7-30-23-44(35(41-34(30)46)47-25-27-10-18-32(37)19-11-27)24-33(45)43(21-20-42(5-2)6-3)22-26-8-12-28(13-9-26)29-14-16-31(17-15-29)36(38,39)40;5-1(3(7)8)2(6)4(9)10/h8-19,23H,4-7,20-22,24-25H2,1-3H3;1-2,5-6H,(H,7,8)(H,9,10). The molecule has 12 nitrogen and oxygen atoms in total. The lowest BCUT2D eigenvalue weighted by atomic mass is 10.0. The van der Waals surface area contributed by atoms with Crippen LogP contribution in [-0.2, 0) is 45.8 Å². The van der Waals surface area contributed by atoms with Gasteiger partial charge in [-0.2, -0.15) is 18.2 Å². The Morgan fingerprint density at radius 1 is 0.807 bits per heavy atom. The van der Waals surface area contributed by atoms with Gasteiger partial charge in [0.25, 0.3) is 5.56 Å². The van der Waals surface area contributed by atoms with Gasteiger partial charge >= 0.3 is 18.1 Å². The van der Waals surface area contributed by atoms with Gasteiger partial charge in [-0.25, -0.2) is 14.0 Å². The molecule has 0 bridgehead atoms. The Bertz CT molecular complexity index is 1960. The van der Waals surface area contributed by atoms with Crippen molar-refractivity contribution in [2.75, 3.05) is 26.2 Å². The number of aryl methyl sites for hydroxylation is 1. The average molecular weight is 819 g/mol. The molecule has 0 spiro atoms. The van der Waals surface area contributed by atoms with E-state index in [4.69, 9.17) is 20.4 Å². The van der Waals surface area contributed by atoms with E-state index in [9.17, 15) is 36.7 Å².